The van der Waals surface area contributed by atoms with Gasteiger partial charge >= 0.3 is 11.8 Å². The van der Waals surface area contributed by atoms with E-state index < -0.39 is 11.8 Å². The van der Waals surface area contributed by atoms with Crippen LogP contribution in [0.4, 0.5) is 0 Å². The Hall–Kier alpha value is -2.77. The molecule has 2 aromatic rings. The molecule has 2 heterocycles. The van der Waals surface area contributed by atoms with E-state index in [-0.39, 0.29) is 6.04 Å². The zero-order chi connectivity index (χ0) is 20.6. The summed E-state index contributed by atoms with van der Waals surface area (Å²) in [7, 11) is 3.84. The summed E-state index contributed by atoms with van der Waals surface area (Å²) < 4.78 is 0. The Kier molecular flexibility index (Phi) is 7.32. The number of carbonyl (C=O) groups excluding carboxylic acids is 2. The predicted molar refractivity (Wildman–Crippen MR) is 112 cm³/mol. The van der Waals surface area contributed by atoms with Crippen molar-refractivity contribution < 1.29 is 9.59 Å². The molecule has 0 radical (unpaired) electrons. The van der Waals surface area contributed by atoms with Crippen molar-refractivity contribution in [3.05, 3.63) is 65.5 Å². The number of hydrogen-bond acceptors (Lipinski definition) is 5. The van der Waals surface area contributed by atoms with E-state index in [0.29, 0.717) is 19.6 Å². The molecule has 1 aromatic carbocycles. The van der Waals surface area contributed by atoms with Crippen LogP contribution in [0.2, 0.25) is 0 Å². The van der Waals surface area contributed by atoms with Crippen LogP contribution in [-0.2, 0) is 22.6 Å². The molecular formula is C22H29N5O2. The number of rotatable bonds is 7. The summed E-state index contributed by atoms with van der Waals surface area (Å²) in [4.78, 5) is 32.8. The van der Waals surface area contributed by atoms with Gasteiger partial charge in [0.15, 0.2) is 0 Å². The molecule has 3 rings (SSSR count). The van der Waals surface area contributed by atoms with Crippen molar-refractivity contribution in [2.45, 2.75) is 19.0 Å². The molecule has 0 bridgehead atoms. The molecular weight excluding hydrogens is 366 g/mol. The summed E-state index contributed by atoms with van der Waals surface area (Å²) in [5, 5.41) is 5.46. The number of nitrogens with one attached hydrogen (secondary N) is 2. The van der Waals surface area contributed by atoms with Crippen molar-refractivity contribution in [2.75, 3.05) is 40.3 Å². The standard InChI is InChI=1S/C22H29N5O2/c1-26(2)13-11-24-21(28)22(29)25-15-20(18-8-5-10-23-14-18)27-12-9-17-6-3-4-7-19(17)16-27/h3-8,10,14,20H,9,11-13,15-16H2,1-2H3,(H,24,28)(H,25,29)/t20-/m1/s1. The molecule has 0 saturated carbocycles. The number of carbonyl (C=O) groups is 2. The number of fused-ring (bicyclic) bond motifs is 1. The van der Waals surface area contributed by atoms with Crippen molar-refractivity contribution in [3.63, 3.8) is 0 Å². The van der Waals surface area contributed by atoms with Crippen LogP contribution in [-0.4, -0.2) is 66.9 Å². The van der Waals surface area contributed by atoms with E-state index in [4.69, 9.17) is 0 Å². The quantitative estimate of drug-likeness (QED) is 0.684. The Morgan fingerprint density at radius 1 is 1.10 bits per heavy atom. The van der Waals surface area contributed by atoms with Crippen LogP contribution in [0, 0.1) is 0 Å². The summed E-state index contributed by atoms with van der Waals surface area (Å²) in [5.74, 6) is -1.20. The smallest absolute Gasteiger partial charge is 0.309 e. The zero-order valence-electron chi connectivity index (χ0n) is 17.1. The van der Waals surface area contributed by atoms with Gasteiger partial charge in [0.05, 0.1) is 6.04 Å². The van der Waals surface area contributed by atoms with E-state index in [2.05, 4.69) is 44.8 Å². The van der Waals surface area contributed by atoms with Gasteiger partial charge in [0.25, 0.3) is 0 Å². The SMILES string of the molecule is CN(C)CCNC(=O)C(=O)NC[C@H](c1cccnc1)N1CCc2ccccc2C1. The van der Waals surface area contributed by atoms with Crippen molar-refractivity contribution in [2.24, 2.45) is 0 Å². The monoisotopic (exact) mass is 395 g/mol. The van der Waals surface area contributed by atoms with E-state index in [0.717, 1.165) is 25.1 Å². The minimum atomic E-state index is -0.602. The van der Waals surface area contributed by atoms with Crippen LogP contribution < -0.4 is 10.6 Å². The van der Waals surface area contributed by atoms with Crippen LogP contribution in [0.15, 0.2) is 48.8 Å². The molecule has 154 valence electrons. The number of benzene rings is 1. The Labute approximate surface area is 172 Å². The first-order valence-electron chi connectivity index (χ1n) is 9.96. The van der Waals surface area contributed by atoms with E-state index >= 15 is 0 Å². The molecule has 1 aromatic heterocycles. The molecule has 0 unspecified atom stereocenters. The van der Waals surface area contributed by atoms with E-state index in [1.165, 1.54) is 11.1 Å². The number of likely N-dealkylation sites (N-methyl/N-ethyl adjacent to an activating group) is 1. The second-order valence-electron chi connectivity index (χ2n) is 7.56. The van der Waals surface area contributed by atoms with Crippen LogP contribution in [0.1, 0.15) is 22.7 Å². The minimum absolute atomic E-state index is 0.0458. The topological polar surface area (TPSA) is 77.6 Å². The molecule has 1 atom stereocenters. The maximum atomic E-state index is 12.3. The second kappa shape index (κ2) is 10.1. The molecule has 1 aliphatic heterocycles. The Balaban J connectivity index is 1.65. The molecule has 0 aliphatic carbocycles. The van der Waals surface area contributed by atoms with Crippen molar-refractivity contribution in [1.29, 1.82) is 0 Å². The van der Waals surface area contributed by atoms with Gasteiger partial charge in [-0.1, -0.05) is 30.3 Å². The molecule has 7 nitrogen and oxygen atoms in total. The maximum Gasteiger partial charge on any atom is 0.309 e. The molecule has 0 fully saturated rings. The molecule has 2 amide bonds. The second-order valence-corrected chi connectivity index (χ2v) is 7.56. The third-order valence-corrected chi connectivity index (χ3v) is 5.18. The van der Waals surface area contributed by atoms with Gasteiger partial charge in [-0.2, -0.15) is 0 Å². The highest BCUT2D eigenvalue weighted by Crippen LogP contribution is 2.27. The van der Waals surface area contributed by atoms with E-state index in [9.17, 15) is 9.59 Å². The highest BCUT2D eigenvalue weighted by molar-refractivity contribution is 6.35. The highest BCUT2D eigenvalue weighted by atomic mass is 16.2. The highest BCUT2D eigenvalue weighted by Gasteiger charge is 2.26. The summed E-state index contributed by atoms with van der Waals surface area (Å²) in [6.45, 7) is 3.18. The summed E-state index contributed by atoms with van der Waals surface area (Å²) in [6.07, 6.45) is 4.53. The molecule has 2 N–H and O–H groups in total. The van der Waals surface area contributed by atoms with Crippen LogP contribution in [0.3, 0.4) is 0 Å². The first-order chi connectivity index (χ1) is 14.0. The molecule has 0 saturated heterocycles. The van der Waals surface area contributed by atoms with Gasteiger partial charge in [-0.15, -0.1) is 0 Å². The van der Waals surface area contributed by atoms with Gasteiger partial charge in [0.2, 0.25) is 0 Å². The van der Waals surface area contributed by atoms with Gasteiger partial charge < -0.3 is 15.5 Å². The summed E-state index contributed by atoms with van der Waals surface area (Å²) >= 11 is 0. The number of amides is 2. The molecule has 0 spiro atoms. The van der Waals surface area contributed by atoms with Crippen molar-refractivity contribution >= 4 is 11.8 Å². The lowest BCUT2D eigenvalue weighted by Gasteiger charge is -2.35. The van der Waals surface area contributed by atoms with Crippen molar-refractivity contribution in [1.82, 2.24) is 25.4 Å². The van der Waals surface area contributed by atoms with E-state index in [1.807, 2.05) is 37.3 Å². The Morgan fingerprint density at radius 3 is 2.59 bits per heavy atom. The van der Waals surface area contributed by atoms with Gasteiger partial charge in [0.1, 0.15) is 0 Å². The predicted octanol–water partition coefficient (Wildman–Crippen LogP) is 0.975. The zero-order valence-corrected chi connectivity index (χ0v) is 17.1. The number of pyridine rings is 1. The summed E-state index contributed by atoms with van der Waals surface area (Å²) in [6, 6.07) is 12.3. The third kappa shape index (κ3) is 5.85. The lowest BCUT2D eigenvalue weighted by Crippen LogP contribution is -2.46. The number of nitrogens with zero attached hydrogens (tertiary/aromatic N) is 3. The lowest BCUT2D eigenvalue weighted by molar-refractivity contribution is -0.139. The summed E-state index contributed by atoms with van der Waals surface area (Å²) in [5.41, 5.74) is 3.71. The van der Waals surface area contributed by atoms with Gasteiger partial charge in [-0.25, -0.2) is 0 Å². The van der Waals surface area contributed by atoms with Crippen molar-refractivity contribution in [3.8, 4) is 0 Å². The fourth-order valence-corrected chi connectivity index (χ4v) is 3.56. The average molecular weight is 396 g/mol. The Bertz CT molecular complexity index is 825. The molecule has 1 aliphatic rings. The fourth-order valence-electron chi connectivity index (χ4n) is 3.56. The Morgan fingerprint density at radius 2 is 1.86 bits per heavy atom. The van der Waals surface area contributed by atoms with Crippen LogP contribution in [0.5, 0.6) is 0 Å². The van der Waals surface area contributed by atoms with Crippen LogP contribution >= 0.6 is 0 Å². The molecule has 29 heavy (non-hydrogen) atoms. The lowest BCUT2D eigenvalue weighted by atomic mass is 9.97. The normalized spacial score (nSPS) is 14.9. The van der Waals surface area contributed by atoms with Gasteiger partial charge in [-0.05, 0) is 43.3 Å². The first kappa shape index (κ1) is 21.0. The third-order valence-electron chi connectivity index (χ3n) is 5.18. The largest absolute Gasteiger partial charge is 0.347 e. The van der Waals surface area contributed by atoms with E-state index in [1.54, 1.807) is 6.20 Å². The average Bonchev–Trinajstić information content (AvgIpc) is 2.74. The number of aromatic nitrogens is 1. The number of hydrogen-bond donors (Lipinski definition) is 2. The fraction of sp³-hybridized carbons (Fsp3) is 0.409. The van der Waals surface area contributed by atoms with Gasteiger partial charge in [0, 0.05) is 45.1 Å². The van der Waals surface area contributed by atoms with Crippen LogP contribution in [0.25, 0.3) is 0 Å². The molecule has 7 heteroatoms. The maximum absolute atomic E-state index is 12.3. The van der Waals surface area contributed by atoms with Gasteiger partial charge in [-0.3, -0.25) is 19.5 Å². The first-order valence-corrected chi connectivity index (χ1v) is 9.96. The minimum Gasteiger partial charge on any atom is -0.347 e.